The molecule has 0 atom stereocenters. The van der Waals surface area contributed by atoms with Crippen LogP contribution in [0.25, 0.3) is 0 Å². The second-order valence-electron chi connectivity index (χ2n) is 4.96. The van der Waals surface area contributed by atoms with Gasteiger partial charge in [-0.05, 0) is 74.3 Å². The summed E-state index contributed by atoms with van der Waals surface area (Å²) >= 11 is 1.81. The van der Waals surface area contributed by atoms with Gasteiger partial charge in [0.1, 0.15) is 0 Å². The van der Waals surface area contributed by atoms with Gasteiger partial charge in [-0.1, -0.05) is 0 Å². The van der Waals surface area contributed by atoms with Crippen molar-refractivity contribution in [2.45, 2.75) is 26.3 Å². The molecular weight excluding hydrogens is 216 g/mol. The van der Waals surface area contributed by atoms with Crippen LogP contribution in [0.1, 0.15) is 24.0 Å². The van der Waals surface area contributed by atoms with Gasteiger partial charge in [-0.2, -0.15) is 11.3 Å². The molecule has 0 bridgehead atoms. The Morgan fingerprint density at radius 2 is 2.12 bits per heavy atom. The molecule has 0 saturated carbocycles. The minimum absolute atomic E-state index is 0.884. The second-order valence-corrected chi connectivity index (χ2v) is 5.70. The van der Waals surface area contributed by atoms with Crippen LogP contribution in [0.2, 0.25) is 0 Å². The first-order valence-electron chi connectivity index (χ1n) is 6.16. The summed E-state index contributed by atoms with van der Waals surface area (Å²) in [7, 11) is 2.22. The first kappa shape index (κ1) is 12.1. The molecule has 1 aromatic heterocycles. The zero-order valence-electron chi connectivity index (χ0n) is 10.3. The Kier molecular flexibility index (Phi) is 4.38. The number of hydrogen-bond acceptors (Lipinski definition) is 3. The van der Waals surface area contributed by atoms with E-state index in [1.165, 1.54) is 43.6 Å². The molecule has 1 fully saturated rings. The van der Waals surface area contributed by atoms with E-state index in [-0.39, 0.29) is 0 Å². The Hall–Kier alpha value is -0.380. The summed E-state index contributed by atoms with van der Waals surface area (Å²) in [6.45, 7) is 6.96. The van der Waals surface area contributed by atoms with Gasteiger partial charge >= 0.3 is 0 Å². The average molecular weight is 238 g/mol. The molecule has 0 unspecified atom stereocenters. The van der Waals surface area contributed by atoms with Crippen molar-refractivity contribution >= 4 is 11.3 Å². The zero-order valence-corrected chi connectivity index (χ0v) is 11.1. The van der Waals surface area contributed by atoms with Crippen LogP contribution in [-0.4, -0.2) is 31.6 Å². The van der Waals surface area contributed by atoms with Crippen molar-refractivity contribution in [3.05, 3.63) is 21.9 Å². The maximum absolute atomic E-state index is 3.60. The minimum Gasteiger partial charge on any atom is -0.312 e. The maximum Gasteiger partial charge on any atom is 0.0216 e. The number of piperidine rings is 1. The van der Waals surface area contributed by atoms with Crippen molar-refractivity contribution in [1.29, 1.82) is 0 Å². The molecule has 0 radical (unpaired) electrons. The first-order chi connectivity index (χ1) is 7.75. The number of likely N-dealkylation sites (tertiary alicyclic amines) is 1. The molecule has 1 aliphatic rings. The molecule has 0 amide bonds. The van der Waals surface area contributed by atoms with Gasteiger partial charge < -0.3 is 10.2 Å². The van der Waals surface area contributed by atoms with E-state index >= 15 is 0 Å². The van der Waals surface area contributed by atoms with Gasteiger partial charge in [0.15, 0.2) is 0 Å². The molecular formula is C13H22N2S. The van der Waals surface area contributed by atoms with E-state index in [1.807, 2.05) is 0 Å². The summed E-state index contributed by atoms with van der Waals surface area (Å²) in [4.78, 5) is 2.43. The van der Waals surface area contributed by atoms with Crippen molar-refractivity contribution in [2.24, 2.45) is 5.92 Å². The monoisotopic (exact) mass is 238 g/mol. The number of thiophene rings is 1. The third-order valence-corrected chi connectivity index (χ3v) is 4.46. The van der Waals surface area contributed by atoms with E-state index in [1.54, 1.807) is 11.3 Å². The van der Waals surface area contributed by atoms with E-state index < -0.39 is 0 Å². The SMILES string of the molecule is Cc1cscc1CNCC1CCN(C)CC1. The van der Waals surface area contributed by atoms with Crippen molar-refractivity contribution in [3.63, 3.8) is 0 Å². The average Bonchev–Trinajstić information content (AvgIpc) is 2.68. The van der Waals surface area contributed by atoms with E-state index in [0.717, 1.165) is 12.5 Å². The molecule has 2 nitrogen and oxygen atoms in total. The van der Waals surface area contributed by atoms with Gasteiger partial charge in [0.25, 0.3) is 0 Å². The molecule has 1 saturated heterocycles. The standard InChI is InChI=1S/C13H22N2S/c1-11-9-16-10-13(11)8-14-7-12-3-5-15(2)6-4-12/h9-10,12,14H,3-8H2,1-2H3. The molecule has 3 heteroatoms. The van der Waals surface area contributed by atoms with Crippen LogP contribution in [-0.2, 0) is 6.54 Å². The van der Waals surface area contributed by atoms with Crippen molar-refractivity contribution in [2.75, 3.05) is 26.7 Å². The highest BCUT2D eigenvalue weighted by Crippen LogP contribution is 2.16. The summed E-state index contributed by atoms with van der Waals surface area (Å²) in [6, 6.07) is 0. The van der Waals surface area contributed by atoms with Crippen LogP contribution >= 0.6 is 11.3 Å². The normalized spacial score (nSPS) is 19.1. The highest BCUT2D eigenvalue weighted by molar-refractivity contribution is 7.08. The fraction of sp³-hybridized carbons (Fsp3) is 0.692. The predicted molar refractivity (Wildman–Crippen MR) is 71.0 cm³/mol. The molecule has 0 spiro atoms. The molecule has 1 N–H and O–H groups in total. The van der Waals surface area contributed by atoms with Crippen LogP contribution in [0.5, 0.6) is 0 Å². The lowest BCUT2D eigenvalue weighted by Crippen LogP contribution is -2.34. The third-order valence-electron chi connectivity index (χ3n) is 3.55. The molecule has 1 aromatic rings. The first-order valence-corrected chi connectivity index (χ1v) is 7.11. The number of nitrogens with one attached hydrogen (secondary N) is 1. The molecule has 2 heterocycles. The lowest BCUT2D eigenvalue weighted by Gasteiger charge is -2.29. The molecule has 16 heavy (non-hydrogen) atoms. The van der Waals surface area contributed by atoms with Gasteiger partial charge in [0, 0.05) is 6.54 Å². The lowest BCUT2D eigenvalue weighted by atomic mass is 9.97. The van der Waals surface area contributed by atoms with Gasteiger partial charge in [-0.3, -0.25) is 0 Å². The van der Waals surface area contributed by atoms with Crippen molar-refractivity contribution in [3.8, 4) is 0 Å². The molecule has 90 valence electrons. The minimum atomic E-state index is 0.884. The van der Waals surface area contributed by atoms with E-state index in [9.17, 15) is 0 Å². The largest absolute Gasteiger partial charge is 0.312 e. The van der Waals surface area contributed by atoms with Crippen molar-refractivity contribution < 1.29 is 0 Å². The Labute approximate surface area is 103 Å². The van der Waals surface area contributed by atoms with Crippen LogP contribution in [0.3, 0.4) is 0 Å². The maximum atomic E-state index is 3.60. The quantitative estimate of drug-likeness (QED) is 0.867. The molecule has 0 aromatic carbocycles. The van der Waals surface area contributed by atoms with Gasteiger partial charge in [-0.25, -0.2) is 0 Å². The zero-order chi connectivity index (χ0) is 11.4. The van der Waals surface area contributed by atoms with Crippen molar-refractivity contribution in [1.82, 2.24) is 10.2 Å². The smallest absolute Gasteiger partial charge is 0.0216 e. The van der Waals surface area contributed by atoms with E-state index in [0.29, 0.717) is 0 Å². The van der Waals surface area contributed by atoms with Crippen LogP contribution in [0.15, 0.2) is 10.8 Å². The number of nitrogens with zero attached hydrogens (tertiary/aromatic N) is 1. The fourth-order valence-corrected chi connectivity index (χ4v) is 3.10. The highest BCUT2D eigenvalue weighted by atomic mass is 32.1. The Bertz CT molecular complexity index is 313. The fourth-order valence-electron chi connectivity index (χ4n) is 2.25. The summed E-state index contributed by atoms with van der Waals surface area (Å²) in [5.41, 5.74) is 2.90. The number of hydrogen-bond donors (Lipinski definition) is 1. The van der Waals surface area contributed by atoms with Crippen LogP contribution in [0.4, 0.5) is 0 Å². The summed E-state index contributed by atoms with van der Waals surface area (Å²) in [5, 5.41) is 8.09. The van der Waals surface area contributed by atoms with E-state index in [4.69, 9.17) is 0 Å². The molecule has 1 aliphatic heterocycles. The van der Waals surface area contributed by atoms with E-state index in [2.05, 4.69) is 34.9 Å². The molecule has 0 aliphatic carbocycles. The highest BCUT2D eigenvalue weighted by Gasteiger charge is 2.15. The number of aryl methyl sites for hydroxylation is 1. The molecule has 2 rings (SSSR count). The predicted octanol–water partition coefficient (Wildman–Crippen LogP) is 2.49. The van der Waals surface area contributed by atoms with Gasteiger partial charge in [0.2, 0.25) is 0 Å². The summed E-state index contributed by atoms with van der Waals surface area (Å²) < 4.78 is 0. The van der Waals surface area contributed by atoms with Gasteiger partial charge in [-0.15, -0.1) is 0 Å². The Balaban J connectivity index is 1.67. The van der Waals surface area contributed by atoms with Crippen LogP contribution < -0.4 is 5.32 Å². The summed E-state index contributed by atoms with van der Waals surface area (Å²) in [6.07, 6.45) is 2.71. The Morgan fingerprint density at radius 1 is 1.38 bits per heavy atom. The summed E-state index contributed by atoms with van der Waals surface area (Å²) in [5.74, 6) is 0.884. The second kappa shape index (κ2) is 5.80. The lowest BCUT2D eigenvalue weighted by molar-refractivity contribution is 0.216. The van der Waals surface area contributed by atoms with Gasteiger partial charge in [0.05, 0.1) is 0 Å². The number of rotatable bonds is 4. The third kappa shape index (κ3) is 3.30. The van der Waals surface area contributed by atoms with Crippen LogP contribution in [0, 0.1) is 12.8 Å². The topological polar surface area (TPSA) is 15.3 Å². The Morgan fingerprint density at radius 3 is 2.75 bits per heavy atom.